The van der Waals surface area contributed by atoms with E-state index >= 15 is 0 Å². The fourth-order valence-electron chi connectivity index (χ4n) is 3.99. The van der Waals surface area contributed by atoms with Crippen LogP contribution in [0.5, 0.6) is 0 Å². The van der Waals surface area contributed by atoms with Crippen molar-refractivity contribution in [3.63, 3.8) is 0 Å². The van der Waals surface area contributed by atoms with Crippen LogP contribution in [-0.2, 0) is 4.79 Å². The second-order valence-electron chi connectivity index (χ2n) is 7.69. The van der Waals surface area contributed by atoms with Gasteiger partial charge in [0.2, 0.25) is 5.91 Å². The highest BCUT2D eigenvalue weighted by Gasteiger charge is 2.23. The van der Waals surface area contributed by atoms with Crippen molar-refractivity contribution in [2.24, 2.45) is 5.92 Å². The van der Waals surface area contributed by atoms with E-state index in [-0.39, 0.29) is 12.0 Å². The average Bonchev–Trinajstić information content (AvgIpc) is 2.64. The number of likely N-dealkylation sites (tertiary alicyclic amines) is 2. The zero-order chi connectivity index (χ0) is 19.2. The molecule has 6 heteroatoms. The van der Waals surface area contributed by atoms with Gasteiger partial charge >= 0.3 is 0 Å². The number of benzene rings is 1. The normalized spacial score (nSPS) is 22.5. The predicted octanol–water partition coefficient (Wildman–Crippen LogP) is 3.06. The maximum absolute atomic E-state index is 13.2. The van der Waals surface area contributed by atoms with Gasteiger partial charge in [-0.1, -0.05) is 0 Å². The third kappa shape index (κ3) is 6.11. The van der Waals surface area contributed by atoms with Gasteiger partial charge in [-0.25, -0.2) is 8.78 Å². The van der Waals surface area contributed by atoms with Crippen LogP contribution in [0.2, 0.25) is 0 Å². The molecule has 1 atom stereocenters. The summed E-state index contributed by atoms with van der Waals surface area (Å²) in [5.41, 5.74) is 0.347. The molecule has 3 rings (SSSR count). The standard InChI is InChI=1S/C21H28F2N2O2/c22-18-12-17(13-19(23)14-18)3-4-21(27)25-10-6-16(7-11-25)5-9-24-8-1-2-20(26)15-24/h3-4,12-14,16,20,26H,1-2,5-11,15H2/b4-3+. The molecular formula is C21H28F2N2O2. The van der Waals surface area contributed by atoms with Crippen molar-refractivity contribution in [1.82, 2.24) is 9.80 Å². The second kappa shape index (κ2) is 9.42. The minimum absolute atomic E-state index is 0.114. The summed E-state index contributed by atoms with van der Waals surface area (Å²) in [5.74, 6) is -0.806. The first-order valence-electron chi connectivity index (χ1n) is 9.83. The number of amides is 1. The lowest BCUT2D eigenvalue weighted by Crippen LogP contribution is -2.41. The largest absolute Gasteiger partial charge is 0.392 e. The first-order valence-corrected chi connectivity index (χ1v) is 9.83. The topological polar surface area (TPSA) is 43.8 Å². The highest BCUT2D eigenvalue weighted by molar-refractivity contribution is 5.91. The van der Waals surface area contributed by atoms with E-state index in [2.05, 4.69) is 4.90 Å². The number of hydrogen-bond acceptors (Lipinski definition) is 3. The van der Waals surface area contributed by atoms with Crippen LogP contribution in [0, 0.1) is 17.6 Å². The molecule has 27 heavy (non-hydrogen) atoms. The van der Waals surface area contributed by atoms with Crippen LogP contribution in [-0.4, -0.2) is 59.6 Å². The number of aliphatic hydroxyl groups is 1. The summed E-state index contributed by atoms with van der Waals surface area (Å²) in [5, 5.41) is 9.74. The molecular weight excluding hydrogens is 350 g/mol. The van der Waals surface area contributed by atoms with Gasteiger partial charge in [0.1, 0.15) is 11.6 Å². The van der Waals surface area contributed by atoms with Gasteiger partial charge in [0.25, 0.3) is 0 Å². The molecule has 0 saturated carbocycles. The molecule has 0 aromatic heterocycles. The van der Waals surface area contributed by atoms with Crippen LogP contribution in [0.1, 0.15) is 37.7 Å². The van der Waals surface area contributed by atoms with E-state index in [0.29, 0.717) is 24.6 Å². The Morgan fingerprint density at radius 2 is 1.81 bits per heavy atom. The number of carbonyl (C=O) groups excluding carboxylic acids is 1. The molecule has 2 heterocycles. The average molecular weight is 378 g/mol. The second-order valence-corrected chi connectivity index (χ2v) is 7.69. The van der Waals surface area contributed by atoms with Crippen LogP contribution < -0.4 is 0 Å². The van der Waals surface area contributed by atoms with Crippen molar-refractivity contribution >= 4 is 12.0 Å². The molecule has 1 aromatic rings. The van der Waals surface area contributed by atoms with Gasteiger partial charge < -0.3 is 14.9 Å². The van der Waals surface area contributed by atoms with Crippen molar-refractivity contribution in [3.8, 4) is 0 Å². The fraction of sp³-hybridized carbons (Fsp3) is 0.571. The molecule has 2 saturated heterocycles. The van der Waals surface area contributed by atoms with Gasteiger partial charge in [-0.2, -0.15) is 0 Å². The maximum Gasteiger partial charge on any atom is 0.246 e. The molecule has 0 spiro atoms. The minimum atomic E-state index is -0.649. The molecule has 2 fully saturated rings. The van der Waals surface area contributed by atoms with Crippen molar-refractivity contribution in [2.45, 2.75) is 38.2 Å². The van der Waals surface area contributed by atoms with Gasteiger partial charge in [-0.05, 0) is 74.9 Å². The lowest BCUT2D eigenvalue weighted by molar-refractivity contribution is -0.127. The van der Waals surface area contributed by atoms with Crippen LogP contribution in [0.25, 0.3) is 6.08 Å². The van der Waals surface area contributed by atoms with E-state index in [1.54, 1.807) is 4.90 Å². The number of nitrogens with zero attached hydrogens (tertiary/aromatic N) is 2. The molecule has 1 aromatic carbocycles. The number of rotatable bonds is 5. The van der Waals surface area contributed by atoms with E-state index in [9.17, 15) is 18.7 Å². The molecule has 148 valence electrons. The summed E-state index contributed by atoms with van der Waals surface area (Å²) in [6.07, 6.45) is 7.70. The Hall–Kier alpha value is -1.79. The summed E-state index contributed by atoms with van der Waals surface area (Å²) >= 11 is 0. The zero-order valence-corrected chi connectivity index (χ0v) is 15.6. The molecule has 0 radical (unpaired) electrons. The summed E-state index contributed by atoms with van der Waals surface area (Å²) in [6, 6.07) is 3.22. The lowest BCUT2D eigenvalue weighted by atomic mass is 9.93. The van der Waals surface area contributed by atoms with Gasteiger partial charge in [0.15, 0.2) is 0 Å². The minimum Gasteiger partial charge on any atom is -0.392 e. The Labute approximate surface area is 159 Å². The van der Waals surface area contributed by atoms with E-state index < -0.39 is 11.6 Å². The number of hydrogen-bond donors (Lipinski definition) is 1. The third-order valence-electron chi connectivity index (χ3n) is 5.56. The Kier molecular flexibility index (Phi) is 6.96. The summed E-state index contributed by atoms with van der Waals surface area (Å²) in [4.78, 5) is 16.4. The maximum atomic E-state index is 13.2. The molecule has 0 aliphatic carbocycles. The van der Waals surface area contributed by atoms with E-state index in [4.69, 9.17) is 0 Å². The Bertz CT molecular complexity index is 652. The van der Waals surface area contributed by atoms with Crippen molar-refractivity contribution < 1.29 is 18.7 Å². The monoisotopic (exact) mass is 378 g/mol. The van der Waals surface area contributed by atoms with E-state index in [1.165, 1.54) is 24.3 Å². The number of carbonyl (C=O) groups is 1. The number of halogens is 2. The first-order chi connectivity index (χ1) is 13.0. The van der Waals surface area contributed by atoms with E-state index in [1.807, 2.05) is 0 Å². The Morgan fingerprint density at radius 3 is 2.48 bits per heavy atom. The number of β-amino-alcohol motifs (C(OH)–C–C–N with tert-alkyl or cyclic N) is 1. The van der Waals surface area contributed by atoms with Crippen molar-refractivity contribution in [2.75, 3.05) is 32.7 Å². The van der Waals surface area contributed by atoms with Gasteiger partial charge in [-0.15, -0.1) is 0 Å². The Balaban J connectivity index is 1.41. The SMILES string of the molecule is O=C(/C=C/c1cc(F)cc(F)c1)N1CCC(CCN2CCCC(O)C2)CC1. The Morgan fingerprint density at radius 1 is 1.11 bits per heavy atom. The van der Waals surface area contributed by atoms with Gasteiger partial charge in [0, 0.05) is 31.8 Å². The smallest absolute Gasteiger partial charge is 0.246 e. The van der Waals surface area contributed by atoms with E-state index in [0.717, 1.165) is 57.8 Å². The summed E-state index contributed by atoms with van der Waals surface area (Å²) in [6.45, 7) is 4.30. The number of piperidine rings is 2. The molecule has 2 aliphatic rings. The zero-order valence-electron chi connectivity index (χ0n) is 15.6. The van der Waals surface area contributed by atoms with Gasteiger partial charge in [-0.3, -0.25) is 4.79 Å². The van der Waals surface area contributed by atoms with Crippen molar-refractivity contribution in [1.29, 1.82) is 0 Å². The third-order valence-corrected chi connectivity index (χ3v) is 5.56. The highest BCUT2D eigenvalue weighted by atomic mass is 19.1. The summed E-state index contributed by atoms with van der Waals surface area (Å²) in [7, 11) is 0. The van der Waals surface area contributed by atoms with Crippen LogP contribution in [0.4, 0.5) is 8.78 Å². The van der Waals surface area contributed by atoms with Crippen LogP contribution >= 0.6 is 0 Å². The molecule has 4 nitrogen and oxygen atoms in total. The summed E-state index contributed by atoms with van der Waals surface area (Å²) < 4.78 is 26.4. The quantitative estimate of drug-likeness (QED) is 0.801. The molecule has 1 N–H and O–H groups in total. The molecule has 2 aliphatic heterocycles. The molecule has 0 bridgehead atoms. The fourth-order valence-corrected chi connectivity index (χ4v) is 3.99. The highest BCUT2D eigenvalue weighted by Crippen LogP contribution is 2.22. The van der Waals surface area contributed by atoms with Crippen LogP contribution in [0.3, 0.4) is 0 Å². The first kappa shape index (κ1) is 20.0. The van der Waals surface area contributed by atoms with Crippen molar-refractivity contribution in [3.05, 3.63) is 41.5 Å². The number of aliphatic hydroxyl groups excluding tert-OH is 1. The molecule has 1 unspecified atom stereocenters. The molecule has 1 amide bonds. The predicted molar refractivity (Wildman–Crippen MR) is 101 cm³/mol. The lowest BCUT2D eigenvalue weighted by Gasteiger charge is -2.34. The van der Waals surface area contributed by atoms with Crippen LogP contribution in [0.15, 0.2) is 24.3 Å². The van der Waals surface area contributed by atoms with Gasteiger partial charge in [0.05, 0.1) is 6.10 Å².